The van der Waals surface area contributed by atoms with Crippen molar-refractivity contribution < 1.29 is 9.53 Å². The maximum absolute atomic E-state index is 11.0. The van der Waals surface area contributed by atoms with Crippen LogP contribution in [0.3, 0.4) is 0 Å². The molecule has 1 aromatic rings. The quantitative estimate of drug-likeness (QED) is 0.723. The maximum atomic E-state index is 11.0. The first-order chi connectivity index (χ1) is 7.09. The van der Waals surface area contributed by atoms with E-state index in [1.165, 1.54) is 6.92 Å². The second-order valence-electron chi connectivity index (χ2n) is 3.75. The van der Waals surface area contributed by atoms with Crippen molar-refractivity contribution in [3.8, 4) is 0 Å². The highest BCUT2D eigenvalue weighted by atomic mass is 32.1. The van der Waals surface area contributed by atoms with Crippen LogP contribution < -0.4 is 0 Å². The molecule has 1 atom stereocenters. The van der Waals surface area contributed by atoms with Crippen LogP contribution in [0, 0.1) is 0 Å². The van der Waals surface area contributed by atoms with E-state index in [9.17, 15) is 4.79 Å². The van der Waals surface area contributed by atoms with Crippen LogP contribution in [0.15, 0.2) is 16.8 Å². The summed E-state index contributed by atoms with van der Waals surface area (Å²) in [6.45, 7) is 2.36. The lowest BCUT2D eigenvalue weighted by Crippen LogP contribution is -2.18. The third kappa shape index (κ3) is 4.44. The summed E-state index contributed by atoms with van der Waals surface area (Å²) in [6.07, 6.45) is 0.736. The fourth-order valence-corrected chi connectivity index (χ4v) is 2.03. The summed E-state index contributed by atoms with van der Waals surface area (Å²) < 4.78 is 5.29. The Morgan fingerprint density at radius 2 is 2.33 bits per heavy atom. The summed E-state index contributed by atoms with van der Waals surface area (Å²) in [5, 5.41) is 4.03. The van der Waals surface area contributed by atoms with Crippen LogP contribution in [-0.4, -0.2) is 31.5 Å². The predicted molar refractivity (Wildman–Crippen MR) is 62.0 cm³/mol. The summed E-state index contributed by atoms with van der Waals surface area (Å²) in [6, 6.07) is 2.01. The minimum Gasteiger partial charge on any atom is -0.458 e. The summed E-state index contributed by atoms with van der Waals surface area (Å²) in [4.78, 5) is 13.0. The average Bonchev–Trinajstić information content (AvgIpc) is 2.63. The third-order valence-electron chi connectivity index (χ3n) is 2.06. The molecular formula is C11H17NO2S. The van der Waals surface area contributed by atoms with Gasteiger partial charge in [0.1, 0.15) is 6.10 Å². The Morgan fingerprint density at radius 1 is 1.60 bits per heavy atom. The zero-order valence-electron chi connectivity index (χ0n) is 9.40. The van der Waals surface area contributed by atoms with Crippen LogP contribution in [0.4, 0.5) is 0 Å². The Balaban J connectivity index is 2.57. The number of rotatable bonds is 5. The van der Waals surface area contributed by atoms with E-state index >= 15 is 0 Å². The highest BCUT2D eigenvalue weighted by Gasteiger charge is 2.15. The molecule has 0 aliphatic heterocycles. The largest absolute Gasteiger partial charge is 0.458 e. The van der Waals surface area contributed by atoms with E-state index in [2.05, 4.69) is 4.90 Å². The fraction of sp³-hybridized carbons (Fsp3) is 0.545. The van der Waals surface area contributed by atoms with Gasteiger partial charge >= 0.3 is 5.97 Å². The fourth-order valence-electron chi connectivity index (χ4n) is 1.33. The number of esters is 1. The van der Waals surface area contributed by atoms with Gasteiger partial charge in [-0.25, -0.2) is 0 Å². The highest BCUT2D eigenvalue weighted by molar-refractivity contribution is 7.07. The Morgan fingerprint density at radius 3 is 2.80 bits per heavy atom. The number of carbonyl (C=O) groups excluding carboxylic acids is 1. The van der Waals surface area contributed by atoms with E-state index in [0.717, 1.165) is 18.5 Å². The summed E-state index contributed by atoms with van der Waals surface area (Å²) >= 11 is 1.62. The number of thiophene rings is 1. The summed E-state index contributed by atoms with van der Waals surface area (Å²) in [7, 11) is 4.02. The molecule has 1 unspecified atom stereocenters. The molecule has 0 saturated carbocycles. The standard InChI is InChI=1S/C11H17NO2S/c1-9(13)14-11(4-6-12(2)3)10-5-7-15-8-10/h5,7-8,11H,4,6H2,1-3H3. The molecule has 0 fully saturated rings. The van der Waals surface area contributed by atoms with Gasteiger partial charge < -0.3 is 9.64 Å². The first kappa shape index (κ1) is 12.2. The van der Waals surface area contributed by atoms with Crippen molar-refractivity contribution in [3.63, 3.8) is 0 Å². The first-order valence-corrected chi connectivity index (χ1v) is 5.88. The van der Waals surface area contributed by atoms with E-state index in [1.807, 2.05) is 30.9 Å². The van der Waals surface area contributed by atoms with Crippen LogP contribution in [0.1, 0.15) is 25.0 Å². The minimum atomic E-state index is -0.218. The van der Waals surface area contributed by atoms with Gasteiger partial charge in [0.2, 0.25) is 0 Å². The predicted octanol–water partition coefficient (Wildman–Crippen LogP) is 2.30. The molecule has 0 aliphatic rings. The second kappa shape index (κ2) is 5.88. The van der Waals surface area contributed by atoms with E-state index in [0.29, 0.717) is 0 Å². The molecule has 0 spiro atoms. The molecule has 0 radical (unpaired) electrons. The zero-order chi connectivity index (χ0) is 11.3. The summed E-state index contributed by atoms with van der Waals surface area (Å²) in [5.41, 5.74) is 1.09. The molecule has 1 rings (SSSR count). The van der Waals surface area contributed by atoms with E-state index in [4.69, 9.17) is 4.74 Å². The average molecular weight is 227 g/mol. The smallest absolute Gasteiger partial charge is 0.303 e. The SMILES string of the molecule is CC(=O)OC(CCN(C)C)c1ccsc1. The number of carbonyl (C=O) groups is 1. The van der Waals surface area contributed by atoms with Gasteiger partial charge in [-0.05, 0) is 30.9 Å². The molecule has 1 heterocycles. The molecule has 84 valence electrons. The third-order valence-corrected chi connectivity index (χ3v) is 2.76. The van der Waals surface area contributed by atoms with Gasteiger partial charge in [-0.3, -0.25) is 4.79 Å². The molecule has 0 bridgehead atoms. The second-order valence-corrected chi connectivity index (χ2v) is 4.53. The molecule has 0 N–H and O–H groups in total. The molecule has 15 heavy (non-hydrogen) atoms. The molecule has 4 heteroatoms. The van der Waals surface area contributed by atoms with Crippen LogP contribution in [0.2, 0.25) is 0 Å². The molecule has 3 nitrogen and oxygen atoms in total. The van der Waals surface area contributed by atoms with Gasteiger partial charge in [-0.2, -0.15) is 11.3 Å². The van der Waals surface area contributed by atoms with Crippen molar-refractivity contribution in [3.05, 3.63) is 22.4 Å². The minimum absolute atomic E-state index is 0.101. The first-order valence-electron chi connectivity index (χ1n) is 4.93. The molecule has 0 aromatic carbocycles. The van der Waals surface area contributed by atoms with E-state index in [1.54, 1.807) is 11.3 Å². The number of ether oxygens (including phenoxy) is 1. The molecular weight excluding hydrogens is 210 g/mol. The van der Waals surface area contributed by atoms with Gasteiger partial charge in [0.15, 0.2) is 0 Å². The summed E-state index contributed by atoms with van der Waals surface area (Å²) in [5.74, 6) is -0.218. The van der Waals surface area contributed by atoms with Crippen molar-refractivity contribution >= 4 is 17.3 Å². The maximum Gasteiger partial charge on any atom is 0.303 e. The van der Waals surface area contributed by atoms with Gasteiger partial charge in [0, 0.05) is 25.5 Å². The number of hydrogen-bond donors (Lipinski definition) is 0. The van der Waals surface area contributed by atoms with Crippen molar-refractivity contribution in [1.29, 1.82) is 0 Å². The van der Waals surface area contributed by atoms with E-state index in [-0.39, 0.29) is 12.1 Å². The van der Waals surface area contributed by atoms with Crippen LogP contribution in [0.25, 0.3) is 0 Å². The van der Waals surface area contributed by atoms with Crippen LogP contribution in [0.5, 0.6) is 0 Å². The lowest BCUT2D eigenvalue weighted by Gasteiger charge is -2.18. The Labute approximate surface area is 94.7 Å². The van der Waals surface area contributed by atoms with Crippen molar-refractivity contribution in [2.45, 2.75) is 19.4 Å². The molecule has 0 aliphatic carbocycles. The van der Waals surface area contributed by atoms with Crippen molar-refractivity contribution in [2.75, 3.05) is 20.6 Å². The Hall–Kier alpha value is -0.870. The molecule has 0 amide bonds. The van der Waals surface area contributed by atoms with Crippen LogP contribution in [-0.2, 0) is 9.53 Å². The zero-order valence-corrected chi connectivity index (χ0v) is 10.2. The van der Waals surface area contributed by atoms with Gasteiger partial charge in [0.05, 0.1) is 0 Å². The lowest BCUT2D eigenvalue weighted by molar-refractivity contribution is -0.147. The normalized spacial score (nSPS) is 12.8. The van der Waals surface area contributed by atoms with Gasteiger partial charge in [0.25, 0.3) is 0 Å². The molecule has 1 aromatic heterocycles. The monoisotopic (exact) mass is 227 g/mol. The number of nitrogens with zero attached hydrogens (tertiary/aromatic N) is 1. The molecule has 0 saturated heterocycles. The topological polar surface area (TPSA) is 29.5 Å². The van der Waals surface area contributed by atoms with Gasteiger partial charge in [-0.1, -0.05) is 0 Å². The van der Waals surface area contributed by atoms with Gasteiger partial charge in [-0.15, -0.1) is 0 Å². The van der Waals surface area contributed by atoms with Crippen molar-refractivity contribution in [1.82, 2.24) is 4.90 Å². The number of hydrogen-bond acceptors (Lipinski definition) is 4. The Bertz CT molecular complexity index is 296. The van der Waals surface area contributed by atoms with Crippen LogP contribution >= 0.6 is 11.3 Å². The lowest BCUT2D eigenvalue weighted by atomic mass is 10.1. The van der Waals surface area contributed by atoms with Crippen molar-refractivity contribution in [2.24, 2.45) is 0 Å². The Kier molecular flexibility index (Phi) is 4.78. The van der Waals surface area contributed by atoms with E-state index < -0.39 is 0 Å². The highest BCUT2D eigenvalue weighted by Crippen LogP contribution is 2.23.